The highest BCUT2D eigenvalue weighted by atomic mass is 19.1. The molecule has 4 unspecified atom stereocenters. The summed E-state index contributed by atoms with van der Waals surface area (Å²) >= 11 is 0. The molecule has 5 heteroatoms. The van der Waals surface area contributed by atoms with Gasteiger partial charge in [0, 0.05) is 18.3 Å². The van der Waals surface area contributed by atoms with Crippen molar-refractivity contribution < 1.29 is 23.3 Å². The summed E-state index contributed by atoms with van der Waals surface area (Å²) in [6.07, 6.45) is 5.70. The first-order chi connectivity index (χ1) is 13.8. The highest BCUT2D eigenvalue weighted by Crippen LogP contribution is 2.71. The summed E-state index contributed by atoms with van der Waals surface area (Å²) in [5, 5.41) is 0. The third-order valence-corrected chi connectivity index (χ3v) is 10.2. The van der Waals surface area contributed by atoms with E-state index in [4.69, 9.17) is 18.9 Å². The van der Waals surface area contributed by atoms with Crippen LogP contribution < -0.4 is 0 Å². The number of fused-ring (bicyclic) bond motifs is 6. The van der Waals surface area contributed by atoms with Gasteiger partial charge in [0.2, 0.25) is 5.79 Å². The van der Waals surface area contributed by atoms with E-state index in [1.807, 2.05) is 0 Å². The summed E-state index contributed by atoms with van der Waals surface area (Å²) < 4.78 is 39.6. The highest BCUT2D eigenvalue weighted by Gasteiger charge is 2.72. The first kappa shape index (κ1) is 19.2. The van der Waals surface area contributed by atoms with Gasteiger partial charge in [0.1, 0.15) is 0 Å². The Bertz CT molecular complexity index is 712. The molecule has 4 aliphatic carbocycles. The number of allylic oxidation sites excluding steroid dienone is 1. The zero-order chi connectivity index (χ0) is 20.1. The second-order valence-electron chi connectivity index (χ2n) is 11.1. The first-order valence-electron chi connectivity index (χ1n) is 11.7. The maximum atomic E-state index is 15.4. The molecule has 0 aromatic carbocycles. The van der Waals surface area contributed by atoms with E-state index in [-0.39, 0.29) is 16.6 Å². The second-order valence-corrected chi connectivity index (χ2v) is 11.1. The lowest BCUT2D eigenvalue weighted by Crippen LogP contribution is -2.59. The molecule has 2 aliphatic heterocycles. The van der Waals surface area contributed by atoms with Crippen molar-refractivity contribution in [1.29, 1.82) is 0 Å². The number of alkyl halides is 1. The molecular weight excluding hydrogens is 371 g/mol. The summed E-state index contributed by atoms with van der Waals surface area (Å²) in [5.41, 5.74) is 1.31. The average Bonchev–Trinajstić information content (AvgIpc) is 3.41. The van der Waals surface area contributed by atoms with Crippen LogP contribution in [0.25, 0.3) is 0 Å². The molecule has 7 atom stereocenters. The fraction of sp³-hybridized carbons (Fsp3) is 0.917. The average molecular weight is 407 g/mol. The Hall–Kier alpha value is -0.490. The van der Waals surface area contributed by atoms with E-state index in [0.29, 0.717) is 56.5 Å². The molecule has 29 heavy (non-hydrogen) atoms. The highest BCUT2D eigenvalue weighted by molar-refractivity contribution is 5.23. The van der Waals surface area contributed by atoms with Gasteiger partial charge in [-0.25, -0.2) is 4.39 Å². The molecule has 2 saturated heterocycles. The van der Waals surface area contributed by atoms with Crippen molar-refractivity contribution >= 4 is 0 Å². The molecule has 4 saturated carbocycles. The summed E-state index contributed by atoms with van der Waals surface area (Å²) in [7, 11) is 0. The molecule has 0 radical (unpaired) electrons. The van der Waals surface area contributed by atoms with Crippen LogP contribution in [-0.4, -0.2) is 44.2 Å². The molecule has 162 valence electrons. The lowest BCUT2D eigenvalue weighted by atomic mass is 9.44. The van der Waals surface area contributed by atoms with E-state index in [9.17, 15) is 0 Å². The van der Waals surface area contributed by atoms with Gasteiger partial charge in [-0.15, -0.1) is 0 Å². The van der Waals surface area contributed by atoms with Gasteiger partial charge in [-0.2, -0.15) is 0 Å². The van der Waals surface area contributed by atoms with Gasteiger partial charge in [0.15, 0.2) is 12.0 Å². The molecule has 2 spiro atoms. The minimum absolute atomic E-state index is 0.209. The Kier molecular flexibility index (Phi) is 4.01. The van der Waals surface area contributed by atoms with Crippen molar-refractivity contribution in [3.63, 3.8) is 0 Å². The van der Waals surface area contributed by atoms with Crippen LogP contribution in [-0.2, 0) is 18.9 Å². The fourth-order valence-corrected chi connectivity index (χ4v) is 8.79. The SMILES string of the molecule is C=C1CC2C(CC[C@@]3(C)C2C[C@@H](F)C32OCCO2)[C@@]2(C)CCC3(CC12)OCCO3. The van der Waals surface area contributed by atoms with Gasteiger partial charge < -0.3 is 18.9 Å². The minimum Gasteiger partial charge on any atom is -0.348 e. The first-order valence-corrected chi connectivity index (χ1v) is 11.7. The normalized spacial score (nSPS) is 52.5. The Morgan fingerprint density at radius 2 is 1.62 bits per heavy atom. The van der Waals surface area contributed by atoms with E-state index in [1.54, 1.807) is 0 Å². The van der Waals surface area contributed by atoms with Gasteiger partial charge in [-0.3, -0.25) is 0 Å². The smallest absolute Gasteiger partial charge is 0.205 e. The lowest BCUT2D eigenvalue weighted by molar-refractivity contribution is -0.268. The molecule has 0 N–H and O–H groups in total. The van der Waals surface area contributed by atoms with E-state index < -0.39 is 12.0 Å². The van der Waals surface area contributed by atoms with E-state index in [1.165, 1.54) is 5.57 Å². The van der Waals surface area contributed by atoms with E-state index >= 15 is 4.39 Å². The van der Waals surface area contributed by atoms with Gasteiger partial charge in [-0.05, 0) is 61.2 Å². The van der Waals surface area contributed by atoms with E-state index in [2.05, 4.69) is 20.4 Å². The maximum Gasteiger partial charge on any atom is 0.205 e. The van der Waals surface area contributed by atoms with Gasteiger partial charge >= 0.3 is 0 Å². The van der Waals surface area contributed by atoms with Crippen molar-refractivity contribution in [2.24, 2.45) is 34.5 Å². The Balaban J connectivity index is 1.33. The number of hydrogen-bond acceptors (Lipinski definition) is 4. The molecule has 6 aliphatic rings. The topological polar surface area (TPSA) is 36.9 Å². The van der Waals surface area contributed by atoms with Crippen LogP contribution >= 0.6 is 0 Å². The molecule has 0 amide bonds. The van der Waals surface area contributed by atoms with Crippen molar-refractivity contribution in [1.82, 2.24) is 0 Å². The predicted molar refractivity (Wildman–Crippen MR) is 106 cm³/mol. The molecule has 6 rings (SSSR count). The zero-order valence-corrected chi connectivity index (χ0v) is 17.9. The van der Waals surface area contributed by atoms with Crippen molar-refractivity contribution in [3.05, 3.63) is 12.2 Å². The summed E-state index contributed by atoms with van der Waals surface area (Å²) in [6.45, 7) is 11.7. The lowest BCUT2D eigenvalue weighted by Gasteiger charge is -2.62. The fourth-order valence-electron chi connectivity index (χ4n) is 8.79. The summed E-state index contributed by atoms with van der Waals surface area (Å²) in [5.74, 6) is 0.445. The Morgan fingerprint density at radius 1 is 0.931 bits per heavy atom. The number of hydrogen-bond donors (Lipinski definition) is 0. The quantitative estimate of drug-likeness (QED) is 0.550. The summed E-state index contributed by atoms with van der Waals surface area (Å²) in [4.78, 5) is 0. The molecule has 0 bridgehead atoms. The third-order valence-electron chi connectivity index (χ3n) is 10.2. The standard InChI is InChI=1S/C24H35FO4/c1-15-12-16-17(21(2)6-7-23(14-19(15)21)26-8-9-27-23)4-5-22(3)18(16)13-20(25)24(22)28-10-11-29-24/h16-20H,1,4-14H2,2-3H3/t16?,17?,18?,19?,20-,21-,22+/m1/s1. The molecular formula is C24H35FO4. The van der Waals surface area contributed by atoms with Crippen LogP contribution in [0.15, 0.2) is 12.2 Å². The zero-order valence-electron chi connectivity index (χ0n) is 17.9. The largest absolute Gasteiger partial charge is 0.348 e. The van der Waals surface area contributed by atoms with Crippen LogP contribution in [0.1, 0.15) is 58.8 Å². The maximum absolute atomic E-state index is 15.4. The molecule has 0 aromatic rings. The number of ether oxygens (including phenoxy) is 4. The van der Waals surface area contributed by atoms with E-state index in [0.717, 1.165) is 38.5 Å². The van der Waals surface area contributed by atoms with Crippen molar-refractivity contribution in [3.8, 4) is 0 Å². The second kappa shape index (κ2) is 6.05. The van der Waals surface area contributed by atoms with Gasteiger partial charge in [-0.1, -0.05) is 26.0 Å². The third kappa shape index (κ3) is 2.29. The molecule has 0 aromatic heterocycles. The number of rotatable bonds is 0. The minimum atomic E-state index is -1.02. The van der Waals surface area contributed by atoms with Crippen LogP contribution in [0.2, 0.25) is 0 Å². The van der Waals surface area contributed by atoms with Gasteiger partial charge in [0.05, 0.1) is 26.4 Å². The van der Waals surface area contributed by atoms with Crippen molar-refractivity contribution in [2.75, 3.05) is 26.4 Å². The monoisotopic (exact) mass is 406 g/mol. The Labute approximate surface area is 173 Å². The van der Waals surface area contributed by atoms with Crippen LogP contribution in [0.5, 0.6) is 0 Å². The van der Waals surface area contributed by atoms with Crippen molar-refractivity contribution in [2.45, 2.75) is 76.5 Å². The van der Waals surface area contributed by atoms with Gasteiger partial charge in [0.25, 0.3) is 0 Å². The number of halogens is 1. The Morgan fingerprint density at radius 3 is 2.34 bits per heavy atom. The molecule has 2 heterocycles. The van der Waals surface area contributed by atoms with Crippen LogP contribution in [0, 0.1) is 34.5 Å². The predicted octanol–water partition coefficient (Wildman–Crippen LogP) is 4.63. The molecule has 4 nitrogen and oxygen atoms in total. The van der Waals surface area contributed by atoms with Crippen LogP contribution in [0.3, 0.4) is 0 Å². The summed E-state index contributed by atoms with van der Waals surface area (Å²) in [6, 6.07) is 0. The van der Waals surface area contributed by atoms with Crippen LogP contribution in [0.4, 0.5) is 4.39 Å². The molecule has 6 fully saturated rings.